The number of halogens is 1. The van der Waals surface area contributed by atoms with Crippen molar-refractivity contribution in [1.82, 2.24) is 4.98 Å². The minimum absolute atomic E-state index is 0.00896. The molecule has 5 heteroatoms. The van der Waals surface area contributed by atoms with Gasteiger partial charge in [0.1, 0.15) is 5.82 Å². The van der Waals surface area contributed by atoms with Crippen LogP contribution in [0.1, 0.15) is 57.3 Å². The van der Waals surface area contributed by atoms with Gasteiger partial charge < -0.3 is 4.84 Å². The van der Waals surface area contributed by atoms with Crippen LogP contribution < -0.4 is 0 Å². The number of aryl methyl sites for hydroxylation is 3. The van der Waals surface area contributed by atoms with Crippen molar-refractivity contribution in [3.05, 3.63) is 124 Å². The lowest BCUT2D eigenvalue weighted by Crippen LogP contribution is -2.07. The van der Waals surface area contributed by atoms with Crippen LogP contribution in [0, 0.1) is 19.7 Å². The quantitative estimate of drug-likeness (QED) is 0.264. The zero-order chi connectivity index (χ0) is 25.1. The molecule has 0 aliphatic carbocycles. The lowest BCUT2D eigenvalue weighted by atomic mass is 9.92. The molecule has 4 aromatic rings. The van der Waals surface area contributed by atoms with E-state index in [0.29, 0.717) is 36.0 Å². The van der Waals surface area contributed by atoms with E-state index in [0.717, 1.165) is 33.7 Å². The standard InChI is InChI=1S/C31H27FN2O2/c1-20-8-12-27(28(32)14-20)24-15-25(29-18-31(36-34-29)23-6-4-3-5-7-23)17-26(16-24)30(35)13-11-22-10-9-21(2)33-19-22/h3-10,12,14-17,19,31H,11,13,18H2,1-2H3. The maximum atomic E-state index is 14.9. The summed E-state index contributed by atoms with van der Waals surface area (Å²) >= 11 is 0. The molecule has 1 aliphatic rings. The maximum absolute atomic E-state index is 14.9. The summed E-state index contributed by atoms with van der Waals surface area (Å²) in [4.78, 5) is 23.3. The normalized spacial score (nSPS) is 14.9. The lowest BCUT2D eigenvalue weighted by molar-refractivity contribution is 0.0857. The molecular formula is C31H27FN2O2. The lowest BCUT2D eigenvalue weighted by Gasteiger charge is -2.11. The zero-order valence-electron chi connectivity index (χ0n) is 20.4. The smallest absolute Gasteiger partial charge is 0.163 e. The van der Waals surface area contributed by atoms with E-state index in [1.165, 1.54) is 6.07 Å². The number of rotatable bonds is 7. The van der Waals surface area contributed by atoms with Gasteiger partial charge in [-0.25, -0.2) is 4.39 Å². The molecule has 0 N–H and O–H groups in total. The van der Waals surface area contributed by atoms with E-state index >= 15 is 0 Å². The van der Waals surface area contributed by atoms with E-state index in [-0.39, 0.29) is 17.7 Å². The number of oxime groups is 1. The molecule has 1 atom stereocenters. The van der Waals surface area contributed by atoms with Gasteiger partial charge in [-0.3, -0.25) is 9.78 Å². The Balaban J connectivity index is 1.46. The Hall–Kier alpha value is -4.12. The molecule has 1 unspecified atom stereocenters. The predicted molar refractivity (Wildman–Crippen MR) is 140 cm³/mol. The Kier molecular flexibility index (Phi) is 6.72. The average Bonchev–Trinajstić information content (AvgIpc) is 3.39. The van der Waals surface area contributed by atoms with Crippen molar-refractivity contribution in [2.75, 3.05) is 0 Å². The van der Waals surface area contributed by atoms with Gasteiger partial charge in [-0.15, -0.1) is 0 Å². The molecule has 0 bridgehead atoms. The molecular weight excluding hydrogens is 451 g/mol. The van der Waals surface area contributed by atoms with Gasteiger partial charge in [0.15, 0.2) is 11.9 Å². The first-order valence-electron chi connectivity index (χ1n) is 12.1. The van der Waals surface area contributed by atoms with Crippen LogP contribution in [-0.2, 0) is 11.3 Å². The topological polar surface area (TPSA) is 51.5 Å². The largest absolute Gasteiger partial charge is 0.387 e. The summed E-state index contributed by atoms with van der Waals surface area (Å²) in [6.45, 7) is 3.79. The van der Waals surface area contributed by atoms with Crippen molar-refractivity contribution in [1.29, 1.82) is 0 Å². The summed E-state index contributed by atoms with van der Waals surface area (Å²) in [6, 6.07) is 24.5. The molecule has 0 amide bonds. The number of aromatic nitrogens is 1. The third-order valence-electron chi connectivity index (χ3n) is 6.48. The zero-order valence-corrected chi connectivity index (χ0v) is 20.4. The molecule has 0 spiro atoms. The summed E-state index contributed by atoms with van der Waals surface area (Å²) < 4.78 is 14.9. The van der Waals surface area contributed by atoms with Crippen LogP contribution in [0.2, 0.25) is 0 Å². The molecule has 4 nitrogen and oxygen atoms in total. The maximum Gasteiger partial charge on any atom is 0.163 e. The van der Waals surface area contributed by atoms with E-state index in [1.54, 1.807) is 18.3 Å². The van der Waals surface area contributed by atoms with Gasteiger partial charge in [0, 0.05) is 41.4 Å². The van der Waals surface area contributed by atoms with Crippen molar-refractivity contribution >= 4 is 11.5 Å². The fourth-order valence-electron chi connectivity index (χ4n) is 4.41. The number of carbonyl (C=O) groups is 1. The van der Waals surface area contributed by atoms with Crippen LogP contribution in [0.15, 0.2) is 90.2 Å². The van der Waals surface area contributed by atoms with E-state index in [4.69, 9.17) is 4.84 Å². The monoisotopic (exact) mass is 478 g/mol. The van der Waals surface area contributed by atoms with Crippen LogP contribution in [0.3, 0.4) is 0 Å². The molecule has 180 valence electrons. The number of nitrogens with zero attached hydrogens (tertiary/aromatic N) is 2. The van der Waals surface area contributed by atoms with Gasteiger partial charge in [0.2, 0.25) is 0 Å². The second-order valence-corrected chi connectivity index (χ2v) is 9.26. The molecule has 1 aliphatic heterocycles. The van der Waals surface area contributed by atoms with Crippen LogP contribution in [0.4, 0.5) is 4.39 Å². The van der Waals surface area contributed by atoms with Gasteiger partial charge in [-0.2, -0.15) is 0 Å². The molecule has 36 heavy (non-hydrogen) atoms. The highest BCUT2D eigenvalue weighted by Crippen LogP contribution is 2.32. The van der Waals surface area contributed by atoms with Gasteiger partial charge in [-0.05, 0) is 72.9 Å². The summed E-state index contributed by atoms with van der Waals surface area (Å²) in [6.07, 6.45) is 3.12. The third-order valence-corrected chi connectivity index (χ3v) is 6.48. The predicted octanol–water partition coefficient (Wildman–Crippen LogP) is 7.19. The SMILES string of the molecule is Cc1ccc(-c2cc(C(=O)CCc3ccc(C)nc3)cc(C3=NOC(c4ccccc4)C3)c2)c(F)c1. The number of benzene rings is 3. The van der Waals surface area contributed by atoms with Crippen LogP contribution in [0.25, 0.3) is 11.1 Å². The molecule has 0 saturated carbocycles. The Labute approximate surface area is 210 Å². The molecule has 5 rings (SSSR count). The first-order chi connectivity index (χ1) is 17.5. The minimum atomic E-state index is -0.317. The van der Waals surface area contributed by atoms with Crippen molar-refractivity contribution in [3.8, 4) is 11.1 Å². The highest BCUT2D eigenvalue weighted by molar-refractivity contribution is 6.05. The second-order valence-electron chi connectivity index (χ2n) is 9.26. The minimum Gasteiger partial charge on any atom is -0.387 e. The van der Waals surface area contributed by atoms with E-state index in [1.807, 2.05) is 74.5 Å². The fraction of sp³-hybridized carbons (Fsp3) is 0.194. The van der Waals surface area contributed by atoms with Gasteiger partial charge in [0.05, 0.1) is 5.71 Å². The number of hydrogen-bond acceptors (Lipinski definition) is 4. The third kappa shape index (κ3) is 5.25. The van der Waals surface area contributed by atoms with Gasteiger partial charge >= 0.3 is 0 Å². The Morgan fingerprint density at radius 2 is 1.78 bits per heavy atom. The van der Waals surface area contributed by atoms with Crippen molar-refractivity contribution in [2.24, 2.45) is 5.16 Å². The van der Waals surface area contributed by atoms with Crippen molar-refractivity contribution < 1.29 is 14.0 Å². The Bertz CT molecular complexity index is 1430. The molecule has 0 radical (unpaired) electrons. The summed E-state index contributed by atoms with van der Waals surface area (Å²) in [5, 5.41) is 4.34. The number of ketones is 1. The van der Waals surface area contributed by atoms with Crippen molar-refractivity contribution in [3.63, 3.8) is 0 Å². The van der Waals surface area contributed by atoms with Crippen molar-refractivity contribution in [2.45, 2.75) is 39.2 Å². The summed E-state index contributed by atoms with van der Waals surface area (Å²) in [7, 11) is 0. The molecule has 1 aromatic heterocycles. The highest BCUT2D eigenvalue weighted by atomic mass is 19.1. The second kappa shape index (κ2) is 10.2. The Morgan fingerprint density at radius 1 is 0.972 bits per heavy atom. The number of pyridine rings is 1. The van der Waals surface area contributed by atoms with Crippen LogP contribution in [-0.4, -0.2) is 16.5 Å². The van der Waals surface area contributed by atoms with Crippen LogP contribution >= 0.6 is 0 Å². The van der Waals surface area contributed by atoms with E-state index in [9.17, 15) is 9.18 Å². The average molecular weight is 479 g/mol. The first kappa shape index (κ1) is 23.6. The van der Waals surface area contributed by atoms with Gasteiger partial charge in [-0.1, -0.05) is 53.7 Å². The van der Waals surface area contributed by atoms with E-state index in [2.05, 4.69) is 10.1 Å². The molecule has 2 heterocycles. The molecule has 3 aromatic carbocycles. The number of Topliss-reactive ketones (excluding diaryl/α,β-unsaturated/α-hetero) is 1. The fourth-order valence-corrected chi connectivity index (χ4v) is 4.41. The highest BCUT2D eigenvalue weighted by Gasteiger charge is 2.25. The first-order valence-corrected chi connectivity index (χ1v) is 12.1. The van der Waals surface area contributed by atoms with Gasteiger partial charge in [0.25, 0.3) is 0 Å². The number of carbonyl (C=O) groups excluding carboxylic acids is 1. The number of hydrogen-bond donors (Lipinski definition) is 0. The summed E-state index contributed by atoms with van der Waals surface area (Å²) in [5.41, 5.74) is 6.99. The molecule has 0 fully saturated rings. The Morgan fingerprint density at radius 3 is 2.53 bits per heavy atom. The molecule has 0 saturated heterocycles. The summed E-state index contributed by atoms with van der Waals surface area (Å²) in [5.74, 6) is -0.326. The van der Waals surface area contributed by atoms with Crippen LogP contribution in [0.5, 0.6) is 0 Å². The van der Waals surface area contributed by atoms with E-state index < -0.39 is 0 Å².